The summed E-state index contributed by atoms with van der Waals surface area (Å²) < 4.78 is 13.6. The lowest BCUT2D eigenvalue weighted by atomic mass is 10.0. The molecule has 6 heteroatoms. The second kappa shape index (κ2) is 7.70. The molecule has 130 valence electrons. The van der Waals surface area contributed by atoms with Gasteiger partial charge < -0.3 is 10.6 Å². The molecule has 2 aromatic carbocycles. The van der Waals surface area contributed by atoms with Gasteiger partial charge in [-0.3, -0.25) is 9.59 Å². The second-order valence-electron chi connectivity index (χ2n) is 5.95. The van der Waals surface area contributed by atoms with Crippen LogP contribution in [0.4, 0.5) is 4.39 Å². The monoisotopic (exact) mass is 358 g/mol. The van der Waals surface area contributed by atoms with Gasteiger partial charge in [-0.1, -0.05) is 12.1 Å². The highest BCUT2D eigenvalue weighted by Crippen LogP contribution is 2.36. The SMILES string of the molecule is CC(=O)NCc1ccc(C(=O)NC2CCSc3ccc(F)cc32)cc1. The zero-order chi connectivity index (χ0) is 17.8. The highest BCUT2D eigenvalue weighted by atomic mass is 32.2. The number of hydrogen-bond acceptors (Lipinski definition) is 3. The van der Waals surface area contributed by atoms with E-state index in [1.165, 1.54) is 19.1 Å². The molecule has 1 unspecified atom stereocenters. The number of benzene rings is 2. The van der Waals surface area contributed by atoms with E-state index >= 15 is 0 Å². The minimum absolute atomic E-state index is 0.0946. The second-order valence-corrected chi connectivity index (χ2v) is 7.09. The molecule has 3 rings (SSSR count). The molecule has 25 heavy (non-hydrogen) atoms. The molecule has 0 spiro atoms. The first-order valence-corrected chi connectivity index (χ1v) is 9.08. The summed E-state index contributed by atoms with van der Waals surface area (Å²) in [6.45, 7) is 1.90. The van der Waals surface area contributed by atoms with Crippen molar-refractivity contribution in [3.8, 4) is 0 Å². The summed E-state index contributed by atoms with van der Waals surface area (Å²) in [5.41, 5.74) is 2.31. The van der Waals surface area contributed by atoms with E-state index < -0.39 is 0 Å². The van der Waals surface area contributed by atoms with Gasteiger partial charge in [-0.2, -0.15) is 0 Å². The summed E-state index contributed by atoms with van der Waals surface area (Å²) in [7, 11) is 0. The minimum atomic E-state index is -0.289. The van der Waals surface area contributed by atoms with Crippen LogP contribution in [0.25, 0.3) is 0 Å². The van der Waals surface area contributed by atoms with E-state index in [1.54, 1.807) is 30.0 Å². The van der Waals surface area contributed by atoms with Crippen molar-refractivity contribution < 1.29 is 14.0 Å². The molecule has 0 radical (unpaired) electrons. The largest absolute Gasteiger partial charge is 0.352 e. The van der Waals surface area contributed by atoms with Crippen molar-refractivity contribution in [1.82, 2.24) is 10.6 Å². The first kappa shape index (κ1) is 17.5. The van der Waals surface area contributed by atoms with Crippen LogP contribution in [0.3, 0.4) is 0 Å². The van der Waals surface area contributed by atoms with Crippen molar-refractivity contribution in [3.05, 3.63) is 65.0 Å². The van der Waals surface area contributed by atoms with Gasteiger partial charge in [-0.15, -0.1) is 11.8 Å². The molecular formula is C19H19FN2O2S. The van der Waals surface area contributed by atoms with E-state index in [2.05, 4.69) is 10.6 Å². The van der Waals surface area contributed by atoms with Crippen molar-refractivity contribution in [2.75, 3.05) is 5.75 Å². The zero-order valence-corrected chi connectivity index (χ0v) is 14.7. The Balaban J connectivity index is 1.69. The van der Waals surface area contributed by atoms with Crippen LogP contribution >= 0.6 is 11.8 Å². The lowest BCUT2D eigenvalue weighted by Gasteiger charge is -2.26. The molecule has 0 saturated heterocycles. The third kappa shape index (κ3) is 4.39. The number of carbonyl (C=O) groups excluding carboxylic acids is 2. The fourth-order valence-electron chi connectivity index (χ4n) is 2.76. The van der Waals surface area contributed by atoms with Crippen LogP contribution in [-0.2, 0) is 11.3 Å². The average Bonchev–Trinajstić information content (AvgIpc) is 2.61. The van der Waals surface area contributed by atoms with Crippen LogP contribution in [-0.4, -0.2) is 17.6 Å². The maximum Gasteiger partial charge on any atom is 0.251 e. The van der Waals surface area contributed by atoms with E-state index in [0.717, 1.165) is 28.2 Å². The van der Waals surface area contributed by atoms with E-state index in [1.807, 2.05) is 12.1 Å². The summed E-state index contributed by atoms with van der Waals surface area (Å²) in [6.07, 6.45) is 0.771. The Morgan fingerprint density at radius 3 is 2.68 bits per heavy atom. The van der Waals surface area contributed by atoms with Gasteiger partial charge >= 0.3 is 0 Å². The number of fused-ring (bicyclic) bond motifs is 1. The molecule has 1 heterocycles. The van der Waals surface area contributed by atoms with Crippen LogP contribution in [0.5, 0.6) is 0 Å². The molecule has 0 aromatic heterocycles. The quantitative estimate of drug-likeness (QED) is 0.880. The fourth-order valence-corrected chi connectivity index (χ4v) is 3.86. The summed E-state index contributed by atoms with van der Waals surface area (Å²) in [6, 6.07) is 11.6. The van der Waals surface area contributed by atoms with Crippen LogP contribution in [0.1, 0.15) is 40.9 Å². The number of thioether (sulfide) groups is 1. The number of halogens is 1. The predicted octanol–water partition coefficient (Wildman–Crippen LogP) is 3.43. The van der Waals surface area contributed by atoms with Crippen molar-refractivity contribution in [2.45, 2.75) is 30.8 Å². The smallest absolute Gasteiger partial charge is 0.251 e. The lowest BCUT2D eigenvalue weighted by Crippen LogP contribution is -2.30. The molecule has 2 amide bonds. The molecule has 2 N–H and O–H groups in total. The van der Waals surface area contributed by atoms with Gasteiger partial charge in [0.2, 0.25) is 5.91 Å². The predicted molar refractivity (Wildman–Crippen MR) is 95.9 cm³/mol. The van der Waals surface area contributed by atoms with Crippen LogP contribution in [0.15, 0.2) is 47.4 Å². The number of amides is 2. The lowest BCUT2D eigenvalue weighted by molar-refractivity contribution is -0.119. The average molecular weight is 358 g/mol. The highest BCUT2D eigenvalue weighted by Gasteiger charge is 2.23. The van der Waals surface area contributed by atoms with E-state index in [4.69, 9.17) is 0 Å². The van der Waals surface area contributed by atoms with E-state index in [-0.39, 0.29) is 23.7 Å². The number of hydrogen-bond donors (Lipinski definition) is 2. The summed E-state index contributed by atoms with van der Waals surface area (Å²) in [5.74, 6) is 0.322. The van der Waals surface area contributed by atoms with Crippen molar-refractivity contribution in [2.24, 2.45) is 0 Å². The minimum Gasteiger partial charge on any atom is -0.352 e. The summed E-state index contributed by atoms with van der Waals surface area (Å²) in [5, 5.41) is 5.71. The molecule has 1 atom stereocenters. The van der Waals surface area contributed by atoms with Gasteiger partial charge in [0.15, 0.2) is 0 Å². The summed E-state index contributed by atoms with van der Waals surface area (Å²) in [4.78, 5) is 24.5. The van der Waals surface area contributed by atoms with Crippen LogP contribution in [0, 0.1) is 5.82 Å². The Labute approximate surface area is 150 Å². The molecule has 0 aliphatic carbocycles. The third-order valence-electron chi connectivity index (χ3n) is 4.07. The van der Waals surface area contributed by atoms with Crippen molar-refractivity contribution in [1.29, 1.82) is 0 Å². The zero-order valence-electron chi connectivity index (χ0n) is 13.8. The number of nitrogens with one attached hydrogen (secondary N) is 2. The van der Waals surface area contributed by atoms with Crippen LogP contribution < -0.4 is 10.6 Å². The Hall–Kier alpha value is -2.34. The van der Waals surface area contributed by atoms with Gasteiger partial charge in [-0.25, -0.2) is 4.39 Å². The maximum atomic E-state index is 13.6. The molecule has 4 nitrogen and oxygen atoms in total. The maximum absolute atomic E-state index is 13.6. The third-order valence-corrected chi connectivity index (χ3v) is 5.20. The first-order valence-electron chi connectivity index (χ1n) is 8.09. The fraction of sp³-hybridized carbons (Fsp3) is 0.263. The number of rotatable bonds is 4. The number of carbonyl (C=O) groups is 2. The molecule has 0 fully saturated rings. The first-order chi connectivity index (χ1) is 12.0. The van der Waals surface area contributed by atoms with Crippen molar-refractivity contribution >= 4 is 23.6 Å². The Morgan fingerprint density at radius 2 is 1.96 bits per heavy atom. The van der Waals surface area contributed by atoms with Gasteiger partial charge in [0.1, 0.15) is 5.82 Å². The normalized spacial score (nSPS) is 16.0. The van der Waals surface area contributed by atoms with Gasteiger partial charge in [0.25, 0.3) is 5.91 Å². The molecule has 1 aliphatic rings. The van der Waals surface area contributed by atoms with Crippen LogP contribution in [0.2, 0.25) is 0 Å². The van der Waals surface area contributed by atoms with E-state index in [9.17, 15) is 14.0 Å². The molecular weight excluding hydrogens is 339 g/mol. The standard InChI is InChI=1S/C19H19FN2O2S/c1-12(23)21-11-13-2-4-14(5-3-13)19(24)22-17-8-9-25-18-7-6-15(20)10-16(17)18/h2-7,10,17H,8-9,11H2,1H3,(H,21,23)(H,22,24). The Morgan fingerprint density at radius 1 is 1.20 bits per heavy atom. The highest BCUT2D eigenvalue weighted by molar-refractivity contribution is 7.99. The molecule has 0 saturated carbocycles. The van der Waals surface area contributed by atoms with Gasteiger partial charge in [0.05, 0.1) is 6.04 Å². The van der Waals surface area contributed by atoms with Crippen molar-refractivity contribution in [3.63, 3.8) is 0 Å². The topological polar surface area (TPSA) is 58.2 Å². The summed E-state index contributed by atoms with van der Waals surface area (Å²) >= 11 is 1.68. The van der Waals surface area contributed by atoms with Gasteiger partial charge in [-0.05, 0) is 47.9 Å². The molecule has 0 bridgehead atoms. The molecule has 2 aromatic rings. The molecule has 1 aliphatic heterocycles. The Kier molecular flexibility index (Phi) is 5.38. The Bertz CT molecular complexity index is 793. The van der Waals surface area contributed by atoms with Gasteiger partial charge in [0, 0.05) is 29.7 Å². The van der Waals surface area contributed by atoms with E-state index in [0.29, 0.717) is 12.1 Å².